The number of hydrogen-bond donors (Lipinski definition) is 0. The number of amidine groups is 2. The Morgan fingerprint density at radius 3 is 1.26 bits per heavy atom. The van der Waals surface area contributed by atoms with E-state index < -0.39 is 0 Å². The highest BCUT2D eigenvalue weighted by Gasteiger charge is 2.62. The number of rotatable bonds is 0. The van der Waals surface area contributed by atoms with Crippen molar-refractivity contribution in [1.29, 1.82) is 0 Å². The van der Waals surface area contributed by atoms with Crippen LogP contribution in [0.4, 0.5) is 9.59 Å². The summed E-state index contributed by atoms with van der Waals surface area (Å²) in [5, 5.41) is 0. The first kappa shape index (κ1) is 17.7. The fraction of sp³-hybridized carbons (Fsp3) is 0.750. The van der Waals surface area contributed by atoms with E-state index in [1.165, 1.54) is 0 Å². The van der Waals surface area contributed by atoms with Gasteiger partial charge in [0.05, 0.1) is 28.2 Å². The molecule has 0 aliphatic carbocycles. The van der Waals surface area contributed by atoms with Crippen LogP contribution in [0.5, 0.6) is 0 Å². The van der Waals surface area contributed by atoms with Gasteiger partial charge in [-0.15, -0.1) is 0 Å². The second-order valence-electron chi connectivity index (χ2n) is 7.77. The van der Waals surface area contributed by atoms with E-state index in [-0.39, 0.29) is 36.7 Å². The number of carbonyl (C=O) groups is 2. The van der Waals surface area contributed by atoms with Crippen LogP contribution >= 0.6 is 0 Å². The number of carbonyl (C=O) groups excluding carboxylic acids is 2. The lowest BCUT2D eigenvalue weighted by molar-refractivity contribution is -0.564. The number of hydrogen-bond acceptors (Lipinski definition) is 5. The Morgan fingerprint density at radius 2 is 0.963 bits per heavy atom. The Kier molecular flexibility index (Phi) is 3.53. The summed E-state index contributed by atoms with van der Waals surface area (Å²) in [5.74, 6) is 0. The molecule has 0 N–H and O–H groups in total. The van der Waals surface area contributed by atoms with Crippen LogP contribution in [0.25, 0.3) is 0 Å². The van der Waals surface area contributed by atoms with E-state index in [4.69, 9.17) is 4.74 Å². The zero-order chi connectivity index (χ0) is 19.9. The highest BCUT2D eigenvalue weighted by molar-refractivity contribution is 5.88. The van der Waals surface area contributed by atoms with Crippen molar-refractivity contribution >= 4 is 24.1 Å². The van der Waals surface area contributed by atoms with Crippen LogP contribution in [0.15, 0.2) is 0 Å². The van der Waals surface area contributed by atoms with Crippen molar-refractivity contribution in [3.05, 3.63) is 0 Å². The van der Waals surface area contributed by atoms with E-state index >= 15 is 0 Å². The SMILES string of the molecule is CN1C(=O)N(C)C2C1N(C)C(OC1=[N+](C)C3C(N(C)C(=O)N3C)N1C)=[N+]2C. The molecule has 4 atom stereocenters. The van der Waals surface area contributed by atoms with Crippen LogP contribution in [0, 0.1) is 0 Å². The number of nitrogens with zero attached hydrogens (tertiary/aromatic N) is 8. The molecule has 11 heteroatoms. The van der Waals surface area contributed by atoms with Gasteiger partial charge in [0.2, 0.25) is 24.7 Å². The normalized spacial score (nSPS) is 33.3. The molecule has 0 aromatic heterocycles. The molecule has 11 nitrogen and oxygen atoms in total. The molecule has 2 fully saturated rings. The van der Waals surface area contributed by atoms with Crippen molar-refractivity contribution in [2.75, 3.05) is 56.4 Å². The number of ether oxygens (including phenoxy) is 1. The number of amides is 4. The lowest BCUT2D eigenvalue weighted by Crippen LogP contribution is -2.48. The van der Waals surface area contributed by atoms with E-state index in [1.807, 2.05) is 47.1 Å². The molecule has 4 rings (SSSR count). The average Bonchev–Trinajstić information content (AvgIpc) is 3.20. The molecule has 4 aliphatic heterocycles. The van der Waals surface area contributed by atoms with E-state index in [0.717, 1.165) is 0 Å². The van der Waals surface area contributed by atoms with Crippen LogP contribution < -0.4 is 0 Å². The first-order valence-electron chi connectivity index (χ1n) is 8.92. The summed E-state index contributed by atoms with van der Waals surface area (Å²) in [7, 11) is 14.9. The van der Waals surface area contributed by atoms with Crippen LogP contribution in [0.2, 0.25) is 0 Å². The maximum Gasteiger partial charge on any atom is 0.460 e. The van der Waals surface area contributed by atoms with E-state index in [2.05, 4.69) is 0 Å². The van der Waals surface area contributed by atoms with Crippen molar-refractivity contribution in [2.45, 2.75) is 24.7 Å². The van der Waals surface area contributed by atoms with Gasteiger partial charge in [0, 0.05) is 28.2 Å². The minimum absolute atomic E-state index is 0.0122. The molecule has 4 unspecified atom stereocenters. The second kappa shape index (κ2) is 5.40. The molecule has 4 aliphatic rings. The Balaban J connectivity index is 1.67. The summed E-state index contributed by atoms with van der Waals surface area (Å²) < 4.78 is 10.3. The Morgan fingerprint density at radius 1 is 0.630 bits per heavy atom. The fourth-order valence-corrected chi connectivity index (χ4v) is 4.91. The van der Waals surface area contributed by atoms with Gasteiger partial charge in [-0.25, -0.2) is 28.5 Å². The van der Waals surface area contributed by atoms with Crippen molar-refractivity contribution < 1.29 is 23.5 Å². The summed E-state index contributed by atoms with van der Waals surface area (Å²) in [5.41, 5.74) is 0. The van der Waals surface area contributed by atoms with Gasteiger partial charge >= 0.3 is 24.1 Å². The molecule has 2 saturated heterocycles. The third-order valence-corrected chi connectivity index (χ3v) is 6.30. The first-order chi connectivity index (χ1) is 12.6. The van der Waals surface area contributed by atoms with Gasteiger partial charge in [-0.05, 0) is 0 Å². The maximum atomic E-state index is 12.3. The Labute approximate surface area is 158 Å². The molecule has 0 spiro atoms. The summed E-state index contributed by atoms with van der Waals surface area (Å²) in [6, 6.07) is 1.31. The Hall–Kier alpha value is -2.72. The van der Waals surface area contributed by atoms with E-state index in [9.17, 15) is 9.59 Å². The molecule has 4 amide bonds. The monoisotopic (exact) mass is 380 g/mol. The Bertz CT molecular complexity index is 731. The zero-order valence-corrected chi connectivity index (χ0v) is 17.1. The highest BCUT2D eigenvalue weighted by atomic mass is 16.5. The summed E-state index contributed by atoms with van der Waals surface area (Å²) in [6.07, 6.45) is -0.476. The quantitative estimate of drug-likeness (QED) is 0.464. The molecule has 0 bridgehead atoms. The van der Waals surface area contributed by atoms with Gasteiger partial charge in [0.1, 0.15) is 0 Å². The molecular weight excluding hydrogens is 352 g/mol. The van der Waals surface area contributed by atoms with Gasteiger partial charge in [0.25, 0.3) is 0 Å². The number of fused-ring (bicyclic) bond motifs is 2. The third-order valence-electron chi connectivity index (χ3n) is 6.30. The number of urea groups is 2. The lowest BCUT2D eigenvalue weighted by Gasteiger charge is -2.21. The minimum atomic E-state index is -0.119. The lowest BCUT2D eigenvalue weighted by atomic mass is 10.4. The molecule has 27 heavy (non-hydrogen) atoms. The smallest absolute Gasteiger partial charge is 0.321 e. The summed E-state index contributed by atoms with van der Waals surface area (Å²) in [4.78, 5) is 35.4. The van der Waals surface area contributed by atoms with Crippen molar-refractivity contribution in [3.63, 3.8) is 0 Å². The zero-order valence-electron chi connectivity index (χ0n) is 17.1. The topological polar surface area (TPSA) is 68.8 Å². The standard InChI is InChI=1S/C16H28N8O3/c1-17-9-10(18(2)13(17)25)22(6)15(21(9)5)27-16-23(7)11-12(24(16)8)20(4)14(26)19(11)3/h9-12H,1-8H3/q+2. The second-order valence-corrected chi connectivity index (χ2v) is 7.77. The molecule has 4 heterocycles. The number of likely N-dealkylation sites (N-methyl/N-ethyl adjacent to an activating group) is 8. The van der Waals surface area contributed by atoms with Crippen LogP contribution in [-0.2, 0) is 4.74 Å². The van der Waals surface area contributed by atoms with Crippen LogP contribution in [0.3, 0.4) is 0 Å². The van der Waals surface area contributed by atoms with E-state index in [1.54, 1.807) is 47.8 Å². The van der Waals surface area contributed by atoms with Crippen LogP contribution in [0.1, 0.15) is 0 Å². The molecule has 0 aromatic carbocycles. The summed E-state index contributed by atoms with van der Waals surface area (Å²) in [6.45, 7) is 0. The van der Waals surface area contributed by atoms with Crippen molar-refractivity contribution in [3.8, 4) is 0 Å². The molecule has 148 valence electrons. The average molecular weight is 380 g/mol. The van der Waals surface area contributed by atoms with Gasteiger partial charge in [-0.3, -0.25) is 19.6 Å². The van der Waals surface area contributed by atoms with Crippen molar-refractivity contribution in [1.82, 2.24) is 29.4 Å². The van der Waals surface area contributed by atoms with Gasteiger partial charge in [0.15, 0.2) is 0 Å². The summed E-state index contributed by atoms with van der Waals surface area (Å²) >= 11 is 0. The predicted octanol–water partition coefficient (Wildman–Crippen LogP) is -1.81. The van der Waals surface area contributed by atoms with Crippen LogP contribution in [-0.4, -0.2) is 144 Å². The largest absolute Gasteiger partial charge is 0.460 e. The maximum absolute atomic E-state index is 12.3. The van der Waals surface area contributed by atoms with Gasteiger partial charge in [-0.2, -0.15) is 0 Å². The fourth-order valence-electron chi connectivity index (χ4n) is 4.91. The van der Waals surface area contributed by atoms with Crippen molar-refractivity contribution in [2.24, 2.45) is 0 Å². The van der Waals surface area contributed by atoms with Gasteiger partial charge in [-0.1, -0.05) is 0 Å². The predicted molar refractivity (Wildman–Crippen MR) is 96.0 cm³/mol. The minimum Gasteiger partial charge on any atom is -0.321 e. The molecular formula is C16H28N8O3+2. The highest BCUT2D eigenvalue weighted by Crippen LogP contribution is 2.31. The van der Waals surface area contributed by atoms with E-state index in [0.29, 0.717) is 12.0 Å². The first-order valence-corrected chi connectivity index (χ1v) is 8.92. The molecule has 0 saturated carbocycles. The van der Waals surface area contributed by atoms with Gasteiger partial charge < -0.3 is 4.74 Å². The molecule has 0 radical (unpaired) electrons. The molecule has 0 aromatic rings. The third kappa shape index (κ3) is 1.96.